The lowest BCUT2D eigenvalue weighted by Gasteiger charge is -2.25. The van der Waals surface area contributed by atoms with E-state index < -0.39 is 39.3 Å². The minimum atomic E-state index is -4.89. The number of nitrogens with one attached hydrogen (secondary N) is 3. The van der Waals surface area contributed by atoms with Crippen LogP contribution < -0.4 is 20.4 Å². The molecule has 3 N–H and O–H groups in total. The lowest BCUT2D eigenvalue weighted by atomic mass is 10.1. The molecule has 0 bridgehead atoms. The van der Waals surface area contributed by atoms with E-state index in [0.29, 0.717) is 4.31 Å². The summed E-state index contributed by atoms with van der Waals surface area (Å²) in [6.07, 6.45) is -3.05. The molecule has 0 aliphatic carbocycles. The molecule has 0 spiro atoms. The van der Waals surface area contributed by atoms with E-state index in [9.17, 15) is 30.8 Å². The maximum Gasteiger partial charge on any atom is 0.418 e. The molecule has 2 heterocycles. The van der Waals surface area contributed by atoms with Crippen molar-refractivity contribution in [3.63, 3.8) is 0 Å². The molecule has 3 rings (SSSR count). The first-order valence-electron chi connectivity index (χ1n) is 9.95. The van der Waals surface area contributed by atoms with Crippen LogP contribution in [0.15, 0.2) is 48.7 Å². The number of hydrogen-bond donors (Lipinski definition) is 3. The standard InChI is InChI=1S/C21H20F4N6O4S/c1-31(36(3,33)34)19-13(21(23,24)25)6-4-7-14(19)27-15-10-18(26-11-12(15)20(32)30-35-2)29-17-9-5-8-16(22)28-17/h4-11H,1-3H3,(H,30,32)(H2,26,27,28,29). The number of amides is 1. The minimum Gasteiger partial charge on any atom is -0.353 e. The summed E-state index contributed by atoms with van der Waals surface area (Å²) >= 11 is 0. The SMILES string of the molecule is CONC(=O)c1cnc(Nc2cccc(F)n2)cc1Nc1cccc(C(F)(F)F)c1N(C)S(C)(=O)=O. The molecule has 0 fully saturated rings. The summed E-state index contributed by atoms with van der Waals surface area (Å²) in [4.78, 5) is 24.8. The summed E-state index contributed by atoms with van der Waals surface area (Å²) in [5, 5.41) is 5.40. The van der Waals surface area contributed by atoms with Crippen molar-refractivity contribution in [2.45, 2.75) is 6.18 Å². The molecule has 1 amide bonds. The summed E-state index contributed by atoms with van der Waals surface area (Å²) in [5.74, 6) is -1.45. The number of anilines is 5. The molecule has 0 saturated carbocycles. The van der Waals surface area contributed by atoms with Crippen LogP contribution in [0, 0.1) is 5.95 Å². The molecule has 2 aromatic heterocycles. The van der Waals surface area contributed by atoms with E-state index in [1.807, 2.05) is 0 Å². The Kier molecular flexibility index (Phi) is 7.64. The van der Waals surface area contributed by atoms with E-state index in [4.69, 9.17) is 0 Å². The number of nitrogens with zero attached hydrogens (tertiary/aromatic N) is 3. The summed E-state index contributed by atoms with van der Waals surface area (Å²) in [7, 11) is -1.97. The molecule has 15 heteroatoms. The molecule has 0 aliphatic rings. The number of aromatic nitrogens is 2. The van der Waals surface area contributed by atoms with E-state index in [-0.39, 0.29) is 28.6 Å². The fraction of sp³-hybridized carbons (Fsp3) is 0.190. The van der Waals surface area contributed by atoms with Gasteiger partial charge in [-0.2, -0.15) is 17.6 Å². The molecule has 10 nitrogen and oxygen atoms in total. The zero-order chi connectivity index (χ0) is 26.7. The molecule has 0 saturated heterocycles. The molecule has 0 aliphatic heterocycles. The third kappa shape index (κ3) is 6.17. The fourth-order valence-electron chi connectivity index (χ4n) is 3.09. The van der Waals surface area contributed by atoms with Crippen molar-refractivity contribution < 1.29 is 35.6 Å². The van der Waals surface area contributed by atoms with Gasteiger partial charge >= 0.3 is 6.18 Å². The first-order valence-corrected chi connectivity index (χ1v) is 11.8. The van der Waals surface area contributed by atoms with E-state index in [0.717, 1.165) is 37.7 Å². The monoisotopic (exact) mass is 528 g/mol. The number of para-hydroxylation sites is 1. The first kappa shape index (κ1) is 26.6. The Morgan fingerprint density at radius 2 is 1.75 bits per heavy atom. The van der Waals surface area contributed by atoms with Gasteiger partial charge in [-0.25, -0.2) is 23.9 Å². The van der Waals surface area contributed by atoms with Gasteiger partial charge in [-0.1, -0.05) is 12.1 Å². The van der Waals surface area contributed by atoms with Crippen molar-refractivity contribution in [1.29, 1.82) is 0 Å². The highest BCUT2D eigenvalue weighted by molar-refractivity contribution is 7.92. The Bertz CT molecular complexity index is 1390. The summed E-state index contributed by atoms with van der Waals surface area (Å²) < 4.78 is 79.6. The minimum absolute atomic E-state index is 0.0505. The average molecular weight is 528 g/mol. The highest BCUT2D eigenvalue weighted by atomic mass is 32.2. The largest absolute Gasteiger partial charge is 0.418 e. The van der Waals surface area contributed by atoms with Gasteiger partial charge in [-0.05, 0) is 24.3 Å². The molecule has 36 heavy (non-hydrogen) atoms. The second kappa shape index (κ2) is 10.3. The number of carbonyl (C=O) groups excluding carboxylic acids is 1. The van der Waals surface area contributed by atoms with Crippen molar-refractivity contribution >= 4 is 44.6 Å². The summed E-state index contributed by atoms with van der Waals surface area (Å²) in [6, 6.07) is 8.23. The number of hydroxylamine groups is 1. The Hall–Kier alpha value is -3.98. The van der Waals surface area contributed by atoms with Gasteiger partial charge in [-0.15, -0.1) is 0 Å². The maximum atomic E-state index is 13.8. The van der Waals surface area contributed by atoms with Crippen LogP contribution >= 0.6 is 0 Å². The van der Waals surface area contributed by atoms with Crippen molar-refractivity contribution in [3.8, 4) is 0 Å². The maximum absolute atomic E-state index is 13.8. The molecule has 3 aromatic rings. The number of pyridine rings is 2. The molecule has 0 atom stereocenters. The van der Waals surface area contributed by atoms with E-state index >= 15 is 0 Å². The number of alkyl halides is 3. The Labute approximate surface area is 203 Å². The van der Waals surface area contributed by atoms with Crippen molar-refractivity contribution in [2.75, 3.05) is 35.4 Å². The number of benzene rings is 1. The molecule has 192 valence electrons. The Morgan fingerprint density at radius 3 is 2.36 bits per heavy atom. The van der Waals surface area contributed by atoms with Gasteiger partial charge in [0.15, 0.2) is 0 Å². The highest BCUT2D eigenvalue weighted by Gasteiger charge is 2.37. The quantitative estimate of drug-likeness (QED) is 0.229. The number of sulfonamides is 1. The van der Waals surface area contributed by atoms with E-state index in [1.165, 1.54) is 31.4 Å². The van der Waals surface area contributed by atoms with Crippen molar-refractivity contribution in [3.05, 3.63) is 65.7 Å². The van der Waals surface area contributed by atoms with E-state index in [1.54, 1.807) is 0 Å². The summed E-state index contributed by atoms with van der Waals surface area (Å²) in [5.41, 5.74) is -0.333. The van der Waals surface area contributed by atoms with Crippen molar-refractivity contribution in [1.82, 2.24) is 15.4 Å². The second-order valence-electron chi connectivity index (χ2n) is 7.28. The van der Waals surface area contributed by atoms with Gasteiger partial charge in [0.05, 0.1) is 41.6 Å². The van der Waals surface area contributed by atoms with Crippen LogP contribution in [0.4, 0.5) is 46.3 Å². The third-order valence-electron chi connectivity index (χ3n) is 4.74. The predicted octanol–water partition coefficient (Wildman–Crippen LogP) is 3.81. The van der Waals surface area contributed by atoms with Gasteiger partial charge < -0.3 is 10.6 Å². The van der Waals surface area contributed by atoms with Gasteiger partial charge in [0.1, 0.15) is 11.6 Å². The van der Waals surface area contributed by atoms with Crippen molar-refractivity contribution in [2.24, 2.45) is 0 Å². The number of carbonyl (C=O) groups is 1. The Morgan fingerprint density at radius 1 is 1.06 bits per heavy atom. The van der Waals surface area contributed by atoms with Crippen LogP contribution in [0.5, 0.6) is 0 Å². The molecule has 1 aromatic carbocycles. The number of rotatable bonds is 8. The fourth-order valence-corrected chi connectivity index (χ4v) is 3.62. The summed E-state index contributed by atoms with van der Waals surface area (Å²) in [6.45, 7) is 0. The van der Waals surface area contributed by atoms with Crippen LogP contribution in [-0.2, 0) is 21.0 Å². The second-order valence-corrected chi connectivity index (χ2v) is 9.29. The van der Waals surface area contributed by atoms with Gasteiger partial charge in [-0.3, -0.25) is 13.9 Å². The average Bonchev–Trinajstić information content (AvgIpc) is 2.77. The van der Waals surface area contributed by atoms with Crippen LogP contribution in [0.3, 0.4) is 0 Å². The smallest absolute Gasteiger partial charge is 0.353 e. The zero-order valence-corrected chi connectivity index (χ0v) is 19.8. The third-order valence-corrected chi connectivity index (χ3v) is 5.92. The van der Waals surface area contributed by atoms with Crippen LogP contribution in [0.25, 0.3) is 0 Å². The highest BCUT2D eigenvalue weighted by Crippen LogP contribution is 2.42. The topological polar surface area (TPSA) is 126 Å². The molecule has 0 unspecified atom stereocenters. The van der Waals surface area contributed by atoms with E-state index in [2.05, 4.69) is 30.9 Å². The molecular weight excluding hydrogens is 508 g/mol. The van der Waals surface area contributed by atoms with Crippen LogP contribution in [0.2, 0.25) is 0 Å². The van der Waals surface area contributed by atoms with Gasteiger partial charge in [0.25, 0.3) is 5.91 Å². The lowest BCUT2D eigenvalue weighted by molar-refractivity contribution is -0.137. The normalized spacial score (nSPS) is 11.6. The number of halogens is 4. The van der Waals surface area contributed by atoms with Crippen LogP contribution in [0.1, 0.15) is 15.9 Å². The molecular formula is C21H20F4N6O4S. The zero-order valence-electron chi connectivity index (χ0n) is 19.0. The first-order chi connectivity index (χ1) is 16.8. The van der Waals surface area contributed by atoms with Crippen LogP contribution in [-0.4, -0.2) is 44.7 Å². The van der Waals surface area contributed by atoms with Gasteiger partial charge in [0, 0.05) is 19.3 Å². The lowest BCUT2D eigenvalue weighted by Crippen LogP contribution is -2.28. The Balaban J connectivity index is 2.15. The molecule has 0 radical (unpaired) electrons. The predicted molar refractivity (Wildman–Crippen MR) is 124 cm³/mol. The number of hydrogen-bond acceptors (Lipinski definition) is 8. The van der Waals surface area contributed by atoms with Gasteiger partial charge in [0.2, 0.25) is 16.0 Å².